The maximum Gasteiger partial charge on any atom is 0.335 e. The summed E-state index contributed by atoms with van der Waals surface area (Å²) in [5.41, 5.74) is -0.195. The predicted molar refractivity (Wildman–Crippen MR) is 68.8 cm³/mol. The van der Waals surface area contributed by atoms with Crippen molar-refractivity contribution in [1.82, 2.24) is 9.55 Å². The lowest BCUT2D eigenvalue weighted by molar-refractivity contribution is 0.426. The van der Waals surface area contributed by atoms with E-state index in [0.717, 1.165) is 4.57 Å². The van der Waals surface area contributed by atoms with Gasteiger partial charge in [0, 0.05) is 0 Å². The van der Waals surface area contributed by atoms with Crippen LogP contribution in [-0.2, 0) is 0 Å². The van der Waals surface area contributed by atoms with Gasteiger partial charge in [-0.25, -0.2) is 9.36 Å². The molecule has 0 amide bonds. The van der Waals surface area contributed by atoms with Crippen molar-refractivity contribution in [3.63, 3.8) is 0 Å². The maximum atomic E-state index is 11.8. The van der Waals surface area contributed by atoms with Crippen molar-refractivity contribution in [3.05, 3.63) is 55.2 Å². The molecule has 2 aromatic rings. The van der Waals surface area contributed by atoms with Crippen LogP contribution in [0, 0.1) is 13.8 Å². The Hall–Kier alpha value is -2.01. The minimum atomic E-state index is -0.723. The van der Waals surface area contributed by atoms with E-state index < -0.39 is 17.1 Å². The van der Waals surface area contributed by atoms with E-state index >= 15 is 0 Å². The van der Waals surface area contributed by atoms with Crippen molar-refractivity contribution >= 4 is 11.6 Å². The zero-order valence-electron chi connectivity index (χ0n) is 9.82. The third-order valence-electron chi connectivity index (χ3n) is 2.72. The van der Waals surface area contributed by atoms with Crippen molar-refractivity contribution in [2.45, 2.75) is 13.8 Å². The van der Waals surface area contributed by atoms with Crippen LogP contribution in [-0.4, -0.2) is 14.7 Å². The first kappa shape index (κ1) is 12.4. The number of hydrogen-bond acceptors (Lipinski definition) is 3. The summed E-state index contributed by atoms with van der Waals surface area (Å²) in [6.07, 6.45) is 0. The largest absolute Gasteiger partial charge is 0.494 e. The van der Waals surface area contributed by atoms with Gasteiger partial charge in [0.25, 0.3) is 5.56 Å². The molecule has 2 rings (SSSR count). The summed E-state index contributed by atoms with van der Waals surface area (Å²) in [7, 11) is 0. The van der Waals surface area contributed by atoms with Gasteiger partial charge in [0.2, 0.25) is 5.88 Å². The summed E-state index contributed by atoms with van der Waals surface area (Å²) in [5, 5.41) is 10.3. The van der Waals surface area contributed by atoms with Crippen LogP contribution < -0.4 is 11.2 Å². The second-order valence-electron chi connectivity index (χ2n) is 3.95. The molecule has 1 aromatic heterocycles. The van der Waals surface area contributed by atoms with E-state index in [9.17, 15) is 14.7 Å². The van der Waals surface area contributed by atoms with Crippen LogP contribution in [0.25, 0.3) is 5.69 Å². The Balaban J connectivity index is 2.93. The Labute approximate surface area is 107 Å². The Morgan fingerprint density at radius 2 is 1.94 bits per heavy atom. The van der Waals surface area contributed by atoms with E-state index in [-0.39, 0.29) is 5.56 Å². The highest BCUT2D eigenvalue weighted by Gasteiger charge is 2.15. The number of halogens is 1. The van der Waals surface area contributed by atoms with E-state index in [1.807, 2.05) is 0 Å². The van der Waals surface area contributed by atoms with Crippen LogP contribution in [0.1, 0.15) is 11.1 Å². The molecule has 1 heterocycles. The molecule has 1 aromatic carbocycles. The van der Waals surface area contributed by atoms with Gasteiger partial charge < -0.3 is 5.11 Å². The number of nitrogens with one attached hydrogen (secondary N) is 1. The number of rotatable bonds is 1. The van der Waals surface area contributed by atoms with Crippen molar-refractivity contribution in [2.24, 2.45) is 0 Å². The molecule has 0 radical (unpaired) electrons. The Bertz CT molecular complexity index is 711. The highest BCUT2D eigenvalue weighted by Crippen LogP contribution is 2.26. The fourth-order valence-electron chi connectivity index (χ4n) is 1.73. The number of aromatic nitrogens is 2. The lowest BCUT2D eigenvalue weighted by atomic mass is 10.2. The van der Waals surface area contributed by atoms with Crippen LogP contribution in [0.2, 0.25) is 5.02 Å². The number of aromatic hydroxyl groups is 1. The maximum absolute atomic E-state index is 11.8. The zero-order chi connectivity index (χ0) is 13.4. The van der Waals surface area contributed by atoms with Gasteiger partial charge in [-0.15, -0.1) is 0 Å². The quantitative estimate of drug-likeness (QED) is 0.821. The van der Waals surface area contributed by atoms with Crippen LogP contribution in [0.5, 0.6) is 5.88 Å². The molecule has 94 valence electrons. The number of hydrogen-bond donors (Lipinski definition) is 2. The lowest BCUT2D eigenvalue weighted by Gasteiger charge is -2.13. The molecule has 0 unspecified atom stereocenters. The van der Waals surface area contributed by atoms with Gasteiger partial charge in [-0.05, 0) is 25.5 Å². The van der Waals surface area contributed by atoms with E-state index in [1.54, 1.807) is 25.1 Å². The summed E-state index contributed by atoms with van der Waals surface area (Å²) >= 11 is 6.04. The fourth-order valence-corrected chi connectivity index (χ4v) is 2.03. The molecule has 0 saturated heterocycles. The molecule has 2 N–H and O–H groups in total. The summed E-state index contributed by atoms with van der Waals surface area (Å²) < 4.78 is 0.994. The number of H-pyrrole nitrogens is 1. The van der Waals surface area contributed by atoms with Crippen molar-refractivity contribution < 1.29 is 5.11 Å². The van der Waals surface area contributed by atoms with E-state index in [4.69, 9.17) is 11.6 Å². The van der Waals surface area contributed by atoms with E-state index in [2.05, 4.69) is 4.98 Å². The Morgan fingerprint density at radius 1 is 1.28 bits per heavy atom. The standard InChI is InChI=1S/C12H11ClN2O3/c1-6-4-3-5-8(13)9(6)15-11(17)7(2)10(16)14-12(15)18/h3-5,17H,1-2H3,(H,14,16,18). The van der Waals surface area contributed by atoms with Crippen LogP contribution in [0.3, 0.4) is 0 Å². The molecule has 0 fully saturated rings. The Kier molecular flexibility index (Phi) is 3.00. The van der Waals surface area contributed by atoms with Gasteiger partial charge in [0.1, 0.15) is 0 Å². The SMILES string of the molecule is Cc1cccc(Cl)c1-n1c(O)c(C)c(=O)[nH]c1=O. The highest BCUT2D eigenvalue weighted by atomic mass is 35.5. The van der Waals surface area contributed by atoms with Crippen LogP contribution in [0.15, 0.2) is 27.8 Å². The average molecular weight is 267 g/mol. The van der Waals surface area contributed by atoms with Crippen molar-refractivity contribution in [1.29, 1.82) is 0 Å². The van der Waals surface area contributed by atoms with Crippen LogP contribution in [0.4, 0.5) is 0 Å². The molecular weight excluding hydrogens is 256 g/mol. The number of para-hydroxylation sites is 1. The molecule has 0 aliphatic carbocycles. The summed E-state index contributed by atoms with van der Waals surface area (Å²) in [5.74, 6) is -0.403. The van der Waals surface area contributed by atoms with Gasteiger partial charge in [0.15, 0.2) is 0 Å². The number of benzene rings is 1. The first-order chi connectivity index (χ1) is 8.43. The summed E-state index contributed by atoms with van der Waals surface area (Å²) in [6.45, 7) is 3.18. The predicted octanol–water partition coefficient (Wildman–Crippen LogP) is 1.50. The van der Waals surface area contributed by atoms with E-state index in [1.165, 1.54) is 6.92 Å². The number of aryl methyl sites for hydroxylation is 1. The molecule has 0 saturated carbocycles. The molecule has 0 bridgehead atoms. The van der Waals surface area contributed by atoms with E-state index in [0.29, 0.717) is 16.3 Å². The molecule has 6 heteroatoms. The molecule has 0 aliphatic heterocycles. The third kappa shape index (κ3) is 1.82. The molecule has 0 atom stereocenters. The van der Waals surface area contributed by atoms with Crippen molar-refractivity contribution in [3.8, 4) is 11.6 Å². The van der Waals surface area contributed by atoms with Gasteiger partial charge in [-0.3, -0.25) is 9.78 Å². The molecular formula is C12H11ClN2O3. The van der Waals surface area contributed by atoms with Gasteiger partial charge in [-0.1, -0.05) is 23.7 Å². The smallest absolute Gasteiger partial charge is 0.335 e. The second kappa shape index (κ2) is 4.34. The normalized spacial score (nSPS) is 10.6. The number of nitrogens with zero attached hydrogens (tertiary/aromatic N) is 1. The van der Waals surface area contributed by atoms with Gasteiger partial charge in [-0.2, -0.15) is 0 Å². The fraction of sp³-hybridized carbons (Fsp3) is 0.167. The van der Waals surface area contributed by atoms with Crippen molar-refractivity contribution in [2.75, 3.05) is 0 Å². The minimum Gasteiger partial charge on any atom is -0.494 e. The lowest BCUT2D eigenvalue weighted by Crippen LogP contribution is -2.30. The van der Waals surface area contributed by atoms with Gasteiger partial charge in [0.05, 0.1) is 16.3 Å². The molecule has 0 aliphatic rings. The first-order valence-corrected chi connectivity index (χ1v) is 5.61. The molecule has 0 spiro atoms. The topological polar surface area (TPSA) is 75.1 Å². The Morgan fingerprint density at radius 3 is 2.56 bits per heavy atom. The average Bonchev–Trinajstić information content (AvgIpc) is 2.30. The molecule has 5 nitrogen and oxygen atoms in total. The minimum absolute atomic E-state index is 0.0638. The summed E-state index contributed by atoms with van der Waals surface area (Å²) in [6, 6.07) is 5.10. The first-order valence-electron chi connectivity index (χ1n) is 5.24. The zero-order valence-corrected chi connectivity index (χ0v) is 10.6. The highest BCUT2D eigenvalue weighted by molar-refractivity contribution is 6.32. The number of aromatic amines is 1. The monoisotopic (exact) mass is 266 g/mol. The molecule has 18 heavy (non-hydrogen) atoms. The third-order valence-corrected chi connectivity index (χ3v) is 3.03. The summed E-state index contributed by atoms with van der Waals surface area (Å²) in [4.78, 5) is 25.3. The van der Waals surface area contributed by atoms with Gasteiger partial charge >= 0.3 is 5.69 Å². The second-order valence-corrected chi connectivity index (χ2v) is 4.36. The van der Waals surface area contributed by atoms with Crippen LogP contribution >= 0.6 is 11.6 Å².